The first-order valence-corrected chi connectivity index (χ1v) is 9.26. The van der Waals surface area contributed by atoms with E-state index < -0.39 is 18.4 Å². The lowest BCUT2D eigenvalue weighted by Gasteiger charge is -2.36. The molecule has 0 aliphatic carbocycles. The number of carbonyl (C=O) groups is 2. The van der Waals surface area contributed by atoms with Gasteiger partial charge in [-0.1, -0.05) is 18.2 Å². The van der Waals surface area contributed by atoms with Crippen LogP contribution in [0, 0.1) is 5.82 Å². The number of hydrogen-bond donors (Lipinski definition) is 0. The molecule has 0 N–H and O–H groups in total. The Morgan fingerprint density at radius 1 is 1.00 bits per heavy atom. The number of hydrogen-bond acceptors (Lipinski definition) is 6. The predicted molar refractivity (Wildman–Crippen MR) is 105 cm³/mol. The summed E-state index contributed by atoms with van der Waals surface area (Å²) < 4.78 is 28.6. The molecule has 0 spiro atoms. The van der Waals surface area contributed by atoms with Crippen molar-refractivity contribution in [3.05, 3.63) is 54.3 Å². The zero-order chi connectivity index (χ0) is 20.6. The number of nitrogens with zero attached hydrogens (tertiary/aromatic N) is 2. The number of methoxy groups -OCH3 is 1. The number of para-hydroxylation sites is 2. The number of carbonyl (C=O) groups excluding carboxylic acids is 2. The summed E-state index contributed by atoms with van der Waals surface area (Å²) in [5, 5.41) is 0. The van der Waals surface area contributed by atoms with Gasteiger partial charge in [-0.05, 0) is 24.3 Å². The van der Waals surface area contributed by atoms with Gasteiger partial charge in [-0.3, -0.25) is 4.79 Å². The number of rotatable bonds is 7. The standard InChI is InChI=1S/C21H23FN2O5/c1-27-19-8-3-2-7-18(19)23-9-11-24(12-10-23)20(25)14-29-21(26)15-28-17-6-4-5-16(22)13-17/h2-8,13H,9-12,14-15H2,1H3. The molecule has 29 heavy (non-hydrogen) atoms. The van der Waals surface area contributed by atoms with Gasteiger partial charge in [0.15, 0.2) is 13.2 Å². The number of esters is 1. The summed E-state index contributed by atoms with van der Waals surface area (Å²) in [7, 11) is 1.63. The Morgan fingerprint density at radius 2 is 1.76 bits per heavy atom. The molecule has 2 aromatic rings. The van der Waals surface area contributed by atoms with E-state index in [2.05, 4.69) is 4.90 Å². The monoisotopic (exact) mass is 402 g/mol. The van der Waals surface area contributed by atoms with Gasteiger partial charge in [-0.25, -0.2) is 9.18 Å². The van der Waals surface area contributed by atoms with Crippen LogP contribution >= 0.6 is 0 Å². The fourth-order valence-electron chi connectivity index (χ4n) is 3.06. The summed E-state index contributed by atoms with van der Waals surface area (Å²) in [6, 6.07) is 13.2. The summed E-state index contributed by atoms with van der Waals surface area (Å²) in [6.45, 7) is 1.62. The molecule has 2 aromatic carbocycles. The van der Waals surface area contributed by atoms with Crippen LogP contribution in [0.3, 0.4) is 0 Å². The zero-order valence-electron chi connectivity index (χ0n) is 16.2. The minimum absolute atomic E-state index is 0.223. The van der Waals surface area contributed by atoms with Gasteiger partial charge in [0.05, 0.1) is 12.8 Å². The third-order valence-electron chi connectivity index (χ3n) is 4.57. The SMILES string of the molecule is COc1ccccc1N1CCN(C(=O)COC(=O)COc2cccc(F)c2)CC1. The molecule has 3 rings (SSSR count). The second kappa shape index (κ2) is 9.77. The summed E-state index contributed by atoms with van der Waals surface area (Å²) in [5.41, 5.74) is 0.989. The van der Waals surface area contributed by atoms with Crippen LogP contribution in [0.5, 0.6) is 11.5 Å². The second-order valence-corrected chi connectivity index (χ2v) is 6.45. The molecule has 1 heterocycles. The molecule has 0 bridgehead atoms. The van der Waals surface area contributed by atoms with E-state index in [9.17, 15) is 14.0 Å². The van der Waals surface area contributed by atoms with Crippen LogP contribution in [-0.2, 0) is 14.3 Å². The first-order valence-electron chi connectivity index (χ1n) is 9.26. The molecule has 1 amide bonds. The lowest BCUT2D eigenvalue weighted by Crippen LogP contribution is -2.50. The van der Waals surface area contributed by atoms with Gasteiger partial charge in [0.2, 0.25) is 0 Å². The molecule has 0 unspecified atom stereocenters. The van der Waals surface area contributed by atoms with Crippen molar-refractivity contribution in [3.8, 4) is 11.5 Å². The van der Waals surface area contributed by atoms with E-state index in [1.54, 1.807) is 12.0 Å². The minimum atomic E-state index is -0.685. The third-order valence-corrected chi connectivity index (χ3v) is 4.57. The Morgan fingerprint density at radius 3 is 2.48 bits per heavy atom. The lowest BCUT2D eigenvalue weighted by molar-refractivity contribution is -0.153. The minimum Gasteiger partial charge on any atom is -0.495 e. The second-order valence-electron chi connectivity index (χ2n) is 6.45. The lowest BCUT2D eigenvalue weighted by atomic mass is 10.2. The van der Waals surface area contributed by atoms with Crippen molar-refractivity contribution in [2.24, 2.45) is 0 Å². The molecule has 0 saturated carbocycles. The third kappa shape index (κ3) is 5.60. The Kier molecular flexibility index (Phi) is 6.89. The molecule has 1 aliphatic heterocycles. The number of ether oxygens (including phenoxy) is 3. The summed E-state index contributed by atoms with van der Waals surface area (Å²) >= 11 is 0. The molecule has 1 saturated heterocycles. The van der Waals surface area contributed by atoms with E-state index in [1.165, 1.54) is 24.3 Å². The predicted octanol–water partition coefficient (Wildman–Crippen LogP) is 2.11. The van der Waals surface area contributed by atoms with Crippen LogP contribution in [0.25, 0.3) is 0 Å². The fraction of sp³-hybridized carbons (Fsp3) is 0.333. The van der Waals surface area contributed by atoms with Gasteiger partial charge in [0.1, 0.15) is 17.3 Å². The van der Waals surface area contributed by atoms with Crippen LogP contribution in [0.15, 0.2) is 48.5 Å². The maximum Gasteiger partial charge on any atom is 0.344 e. The van der Waals surface area contributed by atoms with Crippen molar-refractivity contribution in [1.29, 1.82) is 0 Å². The summed E-state index contributed by atoms with van der Waals surface area (Å²) in [4.78, 5) is 27.9. The van der Waals surface area contributed by atoms with Gasteiger partial charge in [-0.15, -0.1) is 0 Å². The highest BCUT2D eigenvalue weighted by Crippen LogP contribution is 2.28. The Labute approximate surface area is 168 Å². The van der Waals surface area contributed by atoms with Crippen molar-refractivity contribution in [1.82, 2.24) is 4.90 Å². The Balaban J connectivity index is 1.41. The van der Waals surface area contributed by atoms with Gasteiger partial charge >= 0.3 is 5.97 Å². The highest BCUT2D eigenvalue weighted by molar-refractivity contribution is 5.81. The number of benzene rings is 2. The van der Waals surface area contributed by atoms with E-state index in [4.69, 9.17) is 14.2 Å². The molecule has 8 heteroatoms. The Hall–Kier alpha value is -3.29. The molecule has 1 aliphatic rings. The topological polar surface area (TPSA) is 68.3 Å². The van der Waals surface area contributed by atoms with Crippen LogP contribution in [0.1, 0.15) is 0 Å². The number of amides is 1. The number of anilines is 1. The molecular formula is C21H23FN2O5. The zero-order valence-corrected chi connectivity index (χ0v) is 16.2. The average Bonchev–Trinajstić information content (AvgIpc) is 2.76. The molecular weight excluding hydrogens is 379 g/mol. The van der Waals surface area contributed by atoms with Crippen LogP contribution in [0.4, 0.5) is 10.1 Å². The normalized spacial score (nSPS) is 13.7. The van der Waals surface area contributed by atoms with Crippen LogP contribution < -0.4 is 14.4 Å². The first kappa shape index (κ1) is 20.4. The summed E-state index contributed by atoms with van der Waals surface area (Å²) in [6.07, 6.45) is 0. The molecule has 0 radical (unpaired) electrons. The van der Waals surface area contributed by atoms with E-state index in [0.717, 1.165) is 11.4 Å². The van der Waals surface area contributed by atoms with Gasteiger partial charge < -0.3 is 24.0 Å². The summed E-state index contributed by atoms with van der Waals surface area (Å²) in [5.74, 6) is -0.391. The molecule has 154 valence electrons. The van der Waals surface area contributed by atoms with Crippen molar-refractivity contribution in [2.45, 2.75) is 0 Å². The maximum absolute atomic E-state index is 13.1. The van der Waals surface area contributed by atoms with E-state index >= 15 is 0 Å². The molecule has 1 fully saturated rings. The van der Waals surface area contributed by atoms with Crippen LogP contribution in [-0.4, -0.2) is 63.3 Å². The van der Waals surface area contributed by atoms with Crippen molar-refractivity contribution < 1.29 is 28.2 Å². The average molecular weight is 402 g/mol. The van der Waals surface area contributed by atoms with Crippen molar-refractivity contribution in [3.63, 3.8) is 0 Å². The van der Waals surface area contributed by atoms with Crippen LogP contribution in [0.2, 0.25) is 0 Å². The first-order chi connectivity index (χ1) is 14.1. The van der Waals surface area contributed by atoms with E-state index in [0.29, 0.717) is 26.2 Å². The van der Waals surface area contributed by atoms with E-state index in [1.807, 2.05) is 24.3 Å². The van der Waals surface area contributed by atoms with Crippen molar-refractivity contribution >= 4 is 17.6 Å². The van der Waals surface area contributed by atoms with Gasteiger partial charge in [-0.2, -0.15) is 0 Å². The molecule has 0 atom stereocenters. The quantitative estimate of drug-likeness (QED) is 0.661. The van der Waals surface area contributed by atoms with E-state index in [-0.39, 0.29) is 18.3 Å². The smallest absolute Gasteiger partial charge is 0.344 e. The highest BCUT2D eigenvalue weighted by atomic mass is 19.1. The number of piperazine rings is 1. The van der Waals surface area contributed by atoms with Crippen molar-refractivity contribution in [2.75, 3.05) is 51.4 Å². The molecule has 7 nitrogen and oxygen atoms in total. The Bertz CT molecular complexity index is 852. The fourth-order valence-corrected chi connectivity index (χ4v) is 3.06. The number of halogens is 1. The maximum atomic E-state index is 13.1. The highest BCUT2D eigenvalue weighted by Gasteiger charge is 2.23. The van der Waals surface area contributed by atoms with Gasteiger partial charge in [0, 0.05) is 32.2 Å². The van der Waals surface area contributed by atoms with Gasteiger partial charge in [0.25, 0.3) is 5.91 Å². The largest absolute Gasteiger partial charge is 0.495 e. The molecule has 0 aromatic heterocycles.